The average Bonchev–Trinajstić information content (AvgIpc) is 2.93. The molecule has 0 atom stereocenters. The summed E-state index contributed by atoms with van der Waals surface area (Å²) in [5.74, 6) is 1.21. The Bertz CT molecular complexity index is 972. The highest BCUT2D eigenvalue weighted by Crippen LogP contribution is 2.41. The molecule has 0 saturated heterocycles. The second-order valence-corrected chi connectivity index (χ2v) is 8.49. The molecule has 1 N–H and O–H groups in total. The second kappa shape index (κ2) is 7.16. The summed E-state index contributed by atoms with van der Waals surface area (Å²) in [5, 5.41) is 11.0. The van der Waals surface area contributed by atoms with Crippen LogP contribution in [0.4, 0.5) is 5.69 Å². The molecule has 144 valence electrons. The third-order valence-electron chi connectivity index (χ3n) is 4.06. The van der Waals surface area contributed by atoms with Crippen LogP contribution in [0.5, 0.6) is 11.5 Å². The lowest BCUT2D eigenvalue weighted by Crippen LogP contribution is -2.29. The van der Waals surface area contributed by atoms with Crippen LogP contribution in [0.3, 0.4) is 0 Å². The Hall–Kier alpha value is -2.65. The summed E-state index contributed by atoms with van der Waals surface area (Å²) in [7, 11) is -4.02. The van der Waals surface area contributed by atoms with Gasteiger partial charge in [0.2, 0.25) is 10.0 Å². The number of ether oxygens (including phenoxy) is 2. The number of nitro benzene ring substituents is 1. The predicted molar refractivity (Wildman–Crippen MR) is 98.6 cm³/mol. The average molecular weight is 392 g/mol. The van der Waals surface area contributed by atoms with Gasteiger partial charge in [0.25, 0.3) is 5.69 Å². The Kier molecular flexibility index (Phi) is 5.07. The molecule has 27 heavy (non-hydrogen) atoms. The van der Waals surface area contributed by atoms with Crippen LogP contribution in [0, 0.1) is 10.1 Å². The monoisotopic (exact) mass is 392 g/mol. The fourth-order valence-corrected chi connectivity index (χ4v) is 4.13. The van der Waals surface area contributed by atoms with Crippen molar-refractivity contribution in [2.75, 3.05) is 13.2 Å². The van der Waals surface area contributed by atoms with Gasteiger partial charge in [-0.2, -0.15) is 0 Å². The maximum atomic E-state index is 12.3. The molecule has 9 heteroatoms. The first-order chi connectivity index (χ1) is 12.7. The van der Waals surface area contributed by atoms with Crippen molar-refractivity contribution in [3.63, 3.8) is 0 Å². The van der Waals surface area contributed by atoms with E-state index < -0.39 is 20.6 Å². The van der Waals surface area contributed by atoms with Crippen molar-refractivity contribution in [2.24, 2.45) is 0 Å². The Morgan fingerprint density at radius 3 is 2.70 bits per heavy atom. The molecular weight excluding hydrogens is 372 g/mol. The normalized spacial score (nSPS) is 15.0. The molecule has 0 amide bonds. The minimum atomic E-state index is -4.02. The van der Waals surface area contributed by atoms with E-state index in [0.717, 1.165) is 18.1 Å². The topological polar surface area (TPSA) is 108 Å². The fourth-order valence-electron chi connectivity index (χ4n) is 2.95. The number of fused-ring (bicyclic) bond motifs is 1. The highest BCUT2D eigenvalue weighted by Gasteiger charge is 2.32. The van der Waals surface area contributed by atoms with Crippen molar-refractivity contribution >= 4 is 15.7 Å². The third kappa shape index (κ3) is 4.20. The summed E-state index contributed by atoms with van der Waals surface area (Å²) >= 11 is 0. The number of hydrogen-bond acceptors (Lipinski definition) is 6. The maximum Gasteiger partial charge on any atom is 0.289 e. The van der Waals surface area contributed by atoms with E-state index in [1.165, 1.54) is 18.2 Å². The fraction of sp³-hybridized carbons (Fsp3) is 0.333. The summed E-state index contributed by atoms with van der Waals surface area (Å²) < 4.78 is 38.6. The predicted octanol–water partition coefficient (Wildman–Crippen LogP) is 2.67. The van der Waals surface area contributed by atoms with Gasteiger partial charge >= 0.3 is 0 Å². The van der Waals surface area contributed by atoms with Crippen LogP contribution in [0.25, 0.3) is 0 Å². The highest BCUT2D eigenvalue weighted by molar-refractivity contribution is 7.89. The molecule has 0 fully saturated rings. The molecule has 0 radical (unpaired) electrons. The summed E-state index contributed by atoms with van der Waals surface area (Å²) in [6, 6.07) is 10.8. The lowest BCUT2D eigenvalue weighted by atomic mass is 10.0. The van der Waals surface area contributed by atoms with Gasteiger partial charge in [0.05, 0.1) is 4.92 Å². The summed E-state index contributed by atoms with van der Waals surface area (Å²) in [5.41, 5.74) is 0.260. The number of rotatable bonds is 7. The number of para-hydroxylation sites is 2. The van der Waals surface area contributed by atoms with E-state index in [9.17, 15) is 18.5 Å². The van der Waals surface area contributed by atoms with E-state index >= 15 is 0 Å². The number of nitrogens with zero attached hydrogens (tertiary/aromatic N) is 1. The van der Waals surface area contributed by atoms with Crippen molar-refractivity contribution in [2.45, 2.75) is 30.8 Å². The van der Waals surface area contributed by atoms with Gasteiger partial charge in [-0.3, -0.25) is 10.1 Å². The van der Waals surface area contributed by atoms with Crippen LogP contribution in [0.1, 0.15) is 19.4 Å². The number of nitro groups is 1. The molecule has 1 aliphatic rings. The van der Waals surface area contributed by atoms with E-state index in [2.05, 4.69) is 4.72 Å². The molecule has 2 aromatic rings. The van der Waals surface area contributed by atoms with Crippen LogP contribution in [-0.4, -0.2) is 32.1 Å². The summed E-state index contributed by atoms with van der Waals surface area (Å²) in [4.78, 5) is 9.92. The largest absolute Gasteiger partial charge is 0.488 e. The molecule has 0 aromatic heterocycles. The van der Waals surface area contributed by atoms with E-state index in [0.29, 0.717) is 11.5 Å². The molecule has 0 aliphatic carbocycles. The highest BCUT2D eigenvalue weighted by atomic mass is 32.2. The van der Waals surface area contributed by atoms with E-state index in [1.54, 1.807) is 6.07 Å². The van der Waals surface area contributed by atoms with E-state index in [-0.39, 0.29) is 23.6 Å². The molecule has 0 saturated carbocycles. The van der Waals surface area contributed by atoms with Gasteiger partial charge in [0.1, 0.15) is 12.2 Å². The molecule has 0 unspecified atom stereocenters. The van der Waals surface area contributed by atoms with Crippen LogP contribution < -0.4 is 14.2 Å². The zero-order valence-electron chi connectivity index (χ0n) is 15.0. The van der Waals surface area contributed by atoms with Crippen molar-refractivity contribution in [1.82, 2.24) is 4.72 Å². The molecule has 3 rings (SSSR count). The molecule has 2 aromatic carbocycles. The molecule has 1 aliphatic heterocycles. The summed E-state index contributed by atoms with van der Waals surface area (Å²) in [6.07, 6.45) is 0.768. The molecule has 1 heterocycles. The van der Waals surface area contributed by atoms with E-state index in [4.69, 9.17) is 9.47 Å². The Morgan fingerprint density at radius 2 is 1.96 bits per heavy atom. The van der Waals surface area contributed by atoms with Gasteiger partial charge in [-0.15, -0.1) is 0 Å². The Morgan fingerprint density at radius 1 is 1.22 bits per heavy atom. The minimum absolute atomic E-state index is 0.0402. The first-order valence-electron chi connectivity index (χ1n) is 8.36. The zero-order chi connectivity index (χ0) is 19.7. The second-order valence-electron chi connectivity index (χ2n) is 6.75. The zero-order valence-corrected chi connectivity index (χ0v) is 15.8. The van der Waals surface area contributed by atoms with Crippen molar-refractivity contribution in [3.05, 3.63) is 58.1 Å². The third-order valence-corrected chi connectivity index (χ3v) is 5.57. The Labute approximate surface area is 157 Å². The number of sulfonamides is 1. The van der Waals surface area contributed by atoms with Crippen molar-refractivity contribution in [1.29, 1.82) is 0 Å². The Balaban J connectivity index is 1.64. The summed E-state index contributed by atoms with van der Waals surface area (Å²) in [6.45, 7) is 3.98. The lowest BCUT2D eigenvalue weighted by Gasteiger charge is -2.18. The van der Waals surface area contributed by atoms with Crippen LogP contribution >= 0.6 is 0 Å². The van der Waals surface area contributed by atoms with Crippen LogP contribution in [-0.2, 0) is 16.4 Å². The molecule has 8 nitrogen and oxygen atoms in total. The standard InChI is InChI=1S/C18H20N2O6S/c1-18(2)12-13-6-5-8-15(17(13)26-18)25-11-10-19-27(23,24)16-9-4-3-7-14(16)20(21)22/h3-9,19H,10-12H2,1-2H3. The first kappa shape index (κ1) is 19.1. The van der Waals surface area contributed by atoms with Crippen molar-refractivity contribution < 1.29 is 22.8 Å². The maximum absolute atomic E-state index is 12.3. The van der Waals surface area contributed by atoms with Crippen LogP contribution in [0.15, 0.2) is 47.4 Å². The van der Waals surface area contributed by atoms with Gasteiger partial charge in [-0.05, 0) is 26.0 Å². The smallest absolute Gasteiger partial charge is 0.289 e. The number of nitrogens with one attached hydrogen (secondary N) is 1. The lowest BCUT2D eigenvalue weighted by molar-refractivity contribution is -0.387. The van der Waals surface area contributed by atoms with Gasteiger partial charge in [-0.25, -0.2) is 13.1 Å². The molecule has 0 bridgehead atoms. The molecular formula is C18H20N2O6S. The van der Waals surface area contributed by atoms with Gasteiger partial charge < -0.3 is 9.47 Å². The van der Waals surface area contributed by atoms with Gasteiger partial charge in [0.15, 0.2) is 16.4 Å². The SMILES string of the molecule is CC1(C)Cc2cccc(OCCNS(=O)(=O)c3ccccc3[N+](=O)[O-])c2O1. The molecule has 0 spiro atoms. The van der Waals surface area contributed by atoms with Gasteiger partial charge in [0, 0.05) is 24.6 Å². The number of hydrogen-bond donors (Lipinski definition) is 1. The quantitative estimate of drug-likeness (QED) is 0.441. The van der Waals surface area contributed by atoms with Gasteiger partial charge in [-0.1, -0.05) is 24.3 Å². The minimum Gasteiger partial charge on any atom is -0.488 e. The van der Waals surface area contributed by atoms with E-state index in [1.807, 2.05) is 26.0 Å². The first-order valence-corrected chi connectivity index (χ1v) is 9.85. The van der Waals surface area contributed by atoms with Crippen LogP contribution in [0.2, 0.25) is 0 Å². The number of benzene rings is 2. The van der Waals surface area contributed by atoms with Crippen molar-refractivity contribution in [3.8, 4) is 11.5 Å².